The van der Waals surface area contributed by atoms with Crippen LogP contribution in [0.3, 0.4) is 0 Å². The first kappa shape index (κ1) is 17.5. The first-order valence-electron chi connectivity index (χ1n) is 7.64. The summed E-state index contributed by atoms with van der Waals surface area (Å²) in [7, 11) is 1.56. The van der Waals surface area contributed by atoms with Crippen molar-refractivity contribution in [3.05, 3.63) is 58.4 Å². The van der Waals surface area contributed by atoms with Crippen molar-refractivity contribution < 1.29 is 9.84 Å². The van der Waals surface area contributed by atoms with Crippen LogP contribution >= 0.6 is 22.9 Å². The molecule has 25 heavy (non-hydrogen) atoms. The van der Waals surface area contributed by atoms with Crippen LogP contribution in [-0.4, -0.2) is 24.7 Å². The SMILES string of the molecule is COc1ccc(NC(N)=NCC(O)c2cc3ccccc3s2)cc1Cl. The number of ether oxygens (including phenoxy) is 1. The molecule has 1 aromatic heterocycles. The summed E-state index contributed by atoms with van der Waals surface area (Å²) in [5.41, 5.74) is 6.58. The number of nitrogens with two attached hydrogens (primary N) is 1. The molecule has 1 heterocycles. The van der Waals surface area contributed by atoms with Crippen molar-refractivity contribution in [3.63, 3.8) is 0 Å². The Morgan fingerprint density at radius 2 is 2.12 bits per heavy atom. The summed E-state index contributed by atoms with van der Waals surface area (Å²) in [6, 6.07) is 15.2. The number of hydrogen-bond donors (Lipinski definition) is 3. The highest BCUT2D eigenvalue weighted by Crippen LogP contribution is 2.30. The molecule has 0 fully saturated rings. The molecule has 3 rings (SSSR count). The standard InChI is InChI=1S/C18H18ClN3O2S/c1-24-15-7-6-12(9-13(15)19)22-18(20)21-10-14(23)17-8-11-4-2-3-5-16(11)25-17/h2-9,14,23H,10H2,1H3,(H3,20,21,22). The van der Waals surface area contributed by atoms with Gasteiger partial charge in [0, 0.05) is 15.3 Å². The largest absolute Gasteiger partial charge is 0.495 e. The molecule has 130 valence electrons. The number of anilines is 1. The van der Waals surface area contributed by atoms with Crippen LogP contribution in [0.2, 0.25) is 5.02 Å². The maximum Gasteiger partial charge on any atom is 0.193 e. The van der Waals surface area contributed by atoms with E-state index in [1.807, 2.05) is 30.3 Å². The van der Waals surface area contributed by atoms with E-state index in [1.54, 1.807) is 36.6 Å². The van der Waals surface area contributed by atoms with Crippen LogP contribution in [0.5, 0.6) is 5.75 Å². The fraction of sp³-hybridized carbons (Fsp3) is 0.167. The Hall–Kier alpha value is -2.28. The summed E-state index contributed by atoms with van der Waals surface area (Å²) in [6.07, 6.45) is -0.697. The number of hydrogen-bond acceptors (Lipinski definition) is 4. The second-order valence-electron chi connectivity index (χ2n) is 5.40. The molecule has 0 aliphatic rings. The third kappa shape index (κ3) is 4.22. The van der Waals surface area contributed by atoms with Crippen LogP contribution in [0.25, 0.3) is 10.1 Å². The van der Waals surface area contributed by atoms with Gasteiger partial charge in [-0.25, -0.2) is 0 Å². The van der Waals surface area contributed by atoms with Gasteiger partial charge in [-0.05, 0) is 35.7 Å². The Bertz CT molecular complexity index is 877. The van der Waals surface area contributed by atoms with Gasteiger partial charge in [-0.1, -0.05) is 29.8 Å². The van der Waals surface area contributed by atoms with E-state index in [0.29, 0.717) is 16.5 Å². The Morgan fingerprint density at radius 1 is 1.32 bits per heavy atom. The average Bonchev–Trinajstić information content (AvgIpc) is 3.04. The predicted molar refractivity (Wildman–Crippen MR) is 105 cm³/mol. The molecule has 0 spiro atoms. The zero-order chi connectivity index (χ0) is 17.8. The van der Waals surface area contributed by atoms with Gasteiger partial charge in [0.1, 0.15) is 11.9 Å². The minimum Gasteiger partial charge on any atom is -0.495 e. The van der Waals surface area contributed by atoms with Crippen LogP contribution in [0.15, 0.2) is 53.5 Å². The molecule has 0 bridgehead atoms. The number of aliphatic hydroxyl groups is 1. The molecular weight excluding hydrogens is 358 g/mol. The molecule has 0 saturated heterocycles. The van der Waals surface area contributed by atoms with E-state index < -0.39 is 6.10 Å². The quantitative estimate of drug-likeness (QED) is 0.464. The number of halogens is 1. The summed E-state index contributed by atoms with van der Waals surface area (Å²) in [5.74, 6) is 0.796. The number of guanidine groups is 1. The van der Waals surface area contributed by atoms with Crippen LogP contribution in [-0.2, 0) is 0 Å². The van der Waals surface area contributed by atoms with Crippen LogP contribution < -0.4 is 15.8 Å². The van der Waals surface area contributed by atoms with E-state index in [9.17, 15) is 5.11 Å². The van der Waals surface area contributed by atoms with E-state index in [2.05, 4.69) is 10.3 Å². The number of aliphatic imine (C=N–C) groups is 1. The van der Waals surface area contributed by atoms with Crippen molar-refractivity contribution in [2.75, 3.05) is 19.0 Å². The van der Waals surface area contributed by atoms with Crippen LogP contribution in [0.4, 0.5) is 5.69 Å². The number of aliphatic hydroxyl groups excluding tert-OH is 1. The molecule has 0 aliphatic heterocycles. The fourth-order valence-electron chi connectivity index (χ4n) is 2.37. The Labute approximate surface area is 154 Å². The normalized spacial score (nSPS) is 13.0. The van der Waals surface area contributed by atoms with Gasteiger partial charge < -0.3 is 20.9 Å². The minimum atomic E-state index is -0.697. The molecular formula is C18H18ClN3O2S. The van der Waals surface area contributed by atoms with Gasteiger partial charge in [-0.15, -0.1) is 11.3 Å². The minimum absolute atomic E-state index is 0.176. The first-order chi connectivity index (χ1) is 12.1. The van der Waals surface area contributed by atoms with E-state index in [4.69, 9.17) is 22.1 Å². The second-order valence-corrected chi connectivity index (χ2v) is 6.93. The second kappa shape index (κ2) is 7.74. The Morgan fingerprint density at radius 3 is 2.84 bits per heavy atom. The van der Waals surface area contributed by atoms with Crippen LogP contribution in [0, 0.1) is 0 Å². The summed E-state index contributed by atoms with van der Waals surface area (Å²) < 4.78 is 6.24. The molecule has 3 aromatic rings. The lowest BCUT2D eigenvalue weighted by Gasteiger charge is -2.09. The van der Waals surface area contributed by atoms with E-state index in [0.717, 1.165) is 15.0 Å². The van der Waals surface area contributed by atoms with Gasteiger partial charge in [0.25, 0.3) is 0 Å². The molecule has 2 aromatic carbocycles. The highest BCUT2D eigenvalue weighted by Gasteiger charge is 2.11. The van der Waals surface area contributed by atoms with Crippen molar-refractivity contribution in [3.8, 4) is 5.75 Å². The average molecular weight is 376 g/mol. The van der Waals surface area contributed by atoms with Crippen molar-refractivity contribution in [2.24, 2.45) is 10.7 Å². The first-order valence-corrected chi connectivity index (χ1v) is 8.83. The lowest BCUT2D eigenvalue weighted by Crippen LogP contribution is -2.23. The molecule has 5 nitrogen and oxygen atoms in total. The van der Waals surface area contributed by atoms with Crippen molar-refractivity contribution in [2.45, 2.75) is 6.10 Å². The van der Waals surface area contributed by atoms with Gasteiger partial charge >= 0.3 is 0 Å². The van der Waals surface area contributed by atoms with Crippen molar-refractivity contribution in [1.82, 2.24) is 0 Å². The number of fused-ring (bicyclic) bond motifs is 1. The third-order valence-corrected chi connectivity index (χ3v) is 5.14. The van der Waals surface area contributed by atoms with E-state index >= 15 is 0 Å². The lowest BCUT2D eigenvalue weighted by atomic mass is 10.2. The predicted octanol–water partition coefficient (Wildman–Crippen LogP) is 4.02. The Balaban J connectivity index is 1.65. The molecule has 1 atom stereocenters. The summed E-state index contributed by atoms with van der Waals surface area (Å²) in [4.78, 5) is 5.07. The van der Waals surface area contributed by atoms with Gasteiger partial charge in [0.05, 0.1) is 18.7 Å². The smallest absolute Gasteiger partial charge is 0.193 e. The molecule has 1 unspecified atom stereocenters. The van der Waals surface area contributed by atoms with Crippen LogP contribution in [0.1, 0.15) is 11.0 Å². The molecule has 0 saturated carbocycles. The third-order valence-electron chi connectivity index (χ3n) is 3.63. The monoisotopic (exact) mass is 375 g/mol. The molecule has 7 heteroatoms. The molecule has 0 aliphatic carbocycles. The summed E-state index contributed by atoms with van der Waals surface area (Å²) in [6.45, 7) is 0.176. The van der Waals surface area contributed by atoms with Gasteiger partial charge in [-0.3, -0.25) is 4.99 Å². The molecule has 4 N–H and O–H groups in total. The van der Waals surface area contributed by atoms with Gasteiger partial charge in [0.2, 0.25) is 0 Å². The number of nitrogens with one attached hydrogen (secondary N) is 1. The fourth-order valence-corrected chi connectivity index (χ4v) is 3.67. The molecule has 0 amide bonds. The van der Waals surface area contributed by atoms with Gasteiger partial charge in [0.15, 0.2) is 5.96 Å². The number of rotatable bonds is 5. The number of thiophene rings is 1. The van der Waals surface area contributed by atoms with E-state index in [1.165, 1.54) is 0 Å². The highest BCUT2D eigenvalue weighted by molar-refractivity contribution is 7.19. The number of methoxy groups -OCH3 is 1. The maximum absolute atomic E-state index is 10.3. The lowest BCUT2D eigenvalue weighted by molar-refractivity contribution is 0.191. The summed E-state index contributed by atoms with van der Waals surface area (Å²) >= 11 is 7.63. The zero-order valence-electron chi connectivity index (χ0n) is 13.6. The highest BCUT2D eigenvalue weighted by atomic mass is 35.5. The summed E-state index contributed by atoms with van der Waals surface area (Å²) in [5, 5.41) is 14.9. The van der Waals surface area contributed by atoms with Gasteiger partial charge in [-0.2, -0.15) is 0 Å². The number of benzene rings is 2. The van der Waals surface area contributed by atoms with E-state index in [-0.39, 0.29) is 12.5 Å². The van der Waals surface area contributed by atoms with Crippen molar-refractivity contribution >= 4 is 44.7 Å². The zero-order valence-corrected chi connectivity index (χ0v) is 15.1. The maximum atomic E-state index is 10.3. The van der Waals surface area contributed by atoms with Crippen molar-refractivity contribution in [1.29, 1.82) is 0 Å². The Kier molecular flexibility index (Phi) is 5.43. The molecule has 0 radical (unpaired) electrons. The number of nitrogens with zero attached hydrogens (tertiary/aromatic N) is 1. The topological polar surface area (TPSA) is 79.9 Å².